The Bertz CT molecular complexity index is 564. The van der Waals surface area contributed by atoms with Crippen molar-refractivity contribution < 1.29 is 17.9 Å². The molecule has 0 fully saturated rings. The van der Waals surface area contributed by atoms with Crippen molar-refractivity contribution in [1.29, 1.82) is 0 Å². The Hall–Kier alpha value is -0.860. The molecular formula is C11H16Cl2N2O4S. The lowest BCUT2D eigenvalue weighted by molar-refractivity contribution is 0.0600. The van der Waals surface area contributed by atoms with Gasteiger partial charge in [-0.2, -0.15) is 0 Å². The zero-order chi connectivity index (χ0) is 14.5. The monoisotopic (exact) mass is 342 g/mol. The zero-order valence-corrected chi connectivity index (χ0v) is 13.1. The van der Waals surface area contributed by atoms with Crippen LogP contribution in [0, 0.1) is 0 Å². The molecule has 0 atom stereocenters. The normalized spacial score (nSPS) is 10.8. The van der Waals surface area contributed by atoms with Gasteiger partial charge in [-0.15, -0.1) is 12.4 Å². The van der Waals surface area contributed by atoms with E-state index < -0.39 is 16.0 Å². The highest BCUT2D eigenvalue weighted by Crippen LogP contribution is 2.19. The minimum absolute atomic E-state index is 0. The average Bonchev–Trinajstić information content (AvgIpc) is 2.37. The summed E-state index contributed by atoms with van der Waals surface area (Å²) in [5, 5.41) is 0.141. The summed E-state index contributed by atoms with van der Waals surface area (Å²) in [5.74, 6) is -0.652. The molecule has 114 valence electrons. The molecule has 20 heavy (non-hydrogen) atoms. The first-order valence-electron chi connectivity index (χ1n) is 5.49. The number of nitrogens with one attached hydrogen (secondary N) is 1. The van der Waals surface area contributed by atoms with Gasteiger partial charge in [0.05, 0.1) is 17.6 Å². The van der Waals surface area contributed by atoms with Crippen LogP contribution in [0.3, 0.4) is 0 Å². The lowest BCUT2D eigenvalue weighted by atomic mass is 10.2. The number of carbonyl (C=O) groups excluding carboxylic acids is 1. The van der Waals surface area contributed by atoms with E-state index in [1.165, 1.54) is 25.3 Å². The minimum atomic E-state index is -3.72. The van der Waals surface area contributed by atoms with Gasteiger partial charge >= 0.3 is 5.97 Å². The van der Waals surface area contributed by atoms with Crippen molar-refractivity contribution in [3.8, 4) is 0 Å². The van der Waals surface area contributed by atoms with Crippen molar-refractivity contribution in [1.82, 2.24) is 4.72 Å². The predicted octanol–water partition coefficient (Wildman–Crippen LogP) is 1.18. The van der Waals surface area contributed by atoms with E-state index in [9.17, 15) is 13.2 Å². The Morgan fingerprint density at radius 3 is 2.60 bits per heavy atom. The molecular weight excluding hydrogens is 327 g/mol. The molecule has 0 radical (unpaired) electrons. The smallest absolute Gasteiger partial charge is 0.337 e. The summed E-state index contributed by atoms with van der Waals surface area (Å²) in [6, 6.07) is 3.81. The highest BCUT2D eigenvalue weighted by atomic mass is 35.5. The second-order valence-electron chi connectivity index (χ2n) is 3.71. The third-order valence-corrected chi connectivity index (χ3v) is 3.93. The van der Waals surface area contributed by atoms with Gasteiger partial charge in [0.15, 0.2) is 0 Å². The molecule has 0 spiro atoms. The number of methoxy groups -OCH3 is 1. The highest BCUT2D eigenvalue weighted by molar-refractivity contribution is 7.89. The van der Waals surface area contributed by atoms with E-state index in [-0.39, 0.29) is 34.4 Å². The van der Waals surface area contributed by atoms with Crippen molar-refractivity contribution in [2.75, 3.05) is 20.2 Å². The van der Waals surface area contributed by atoms with E-state index in [1.807, 2.05) is 0 Å². The maximum Gasteiger partial charge on any atom is 0.337 e. The summed E-state index contributed by atoms with van der Waals surface area (Å²) < 4.78 is 30.8. The number of esters is 1. The van der Waals surface area contributed by atoms with Crippen molar-refractivity contribution >= 4 is 40.0 Å². The lowest BCUT2D eigenvalue weighted by Crippen LogP contribution is -2.26. The Kier molecular flexibility index (Phi) is 8.07. The molecule has 0 heterocycles. The second-order valence-corrected chi connectivity index (χ2v) is 5.91. The first-order chi connectivity index (χ1) is 8.90. The van der Waals surface area contributed by atoms with Gasteiger partial charge in [-0.1, -0.05) is 11.6 Å². The van der Waals surface area contributed by atoms with Crippen LogP contribution in [0.25, 0.3) is 0 Å². The first-order valence-corrected chi connectivity index (χ1v) is 7.35. The Morgan fingerprint density at radius 1 is 1.40 bits per heavy atom. The number of nitrogens with two attached hydrogens (primary N) is 1. The molecule has 1 aromatic rings. The van der Waals surface area contributed by atoms with Crippen LogP contribution in [0.5, 0.6) is 0 Å². The molecule has 0 unspecified atom stereocenters. The fraction of sp³-hybridized carbons (Fsp3) is 0.364. The summed E-state index contributed by atoms with van der Waals surface area (Å²) in [6.45, 7) is 0.602. The van der Waals surface area contributed by atoms with Gasteiger partial charge in [0.2, 0.25) is 10.0 Å². The minimum Gasteiger partial charge on any atom is -0.465 e. The van der Waals surface area contributed by atoms with Crippen LogP contribution in [-0.4, -0.2) is 34.6 Å². The molecule has 0 aliphatic heterocycles. The summed E-state index contributed by atoms with van der Waals surface area (Å²) in [6.07, 6.45) is 0.518. The summed E-state index contributed by atoms with van der Waals surface area (Å²) in [5.41, 5.74) is 5.36. The van der Waals surface area contributed by atoms with E-state index in [2.05, 4.69) is 9.46 Å². The molecule has 0 aromatic heterocycles. The molecule has 6 nitrogen and oxygen atoms in total. The maximum absolute atomic E-state index is 12.0. The van der Waals surface area contributed by atoms with Gasteiger partial charge in [0, 0.05) is 11.6 Å². The summed E-state index contributed by atoms with van der Waals surface area (Å²) in [4.78, 5) is 11.3. The maximum atomic E-state index is 12.0. The number of hydrogen-bond acceptors (Lipinski definition) is 5. The third-order valence-electron chi connectivity index (χ3n) is 2.28. The molecule has 3 N–H and O–H groups in total. The van der Waals surface area contributed by atoms with Crippen LogP contribution in [0.15, 0.2) is 23.1 Å². The summed E-state index contributed by atoms with van der Waals surface area (Å²) in [7, 11) is -2.51. The van der Waals surface area contributed by atoms with Crippen molar-refractivity contribution in [2.24, 2.45) is 5.73 Å². The van der Waals surface area contributed by atoms with Crippen LogP contribution in [0.4, 0.5) is 0 Å². The number of benzene rings is 1. The van der Waals surface area contributed by atoms with Crippen LogP contribution in [0.1, 0.15) is 16.8 Å². The first kappa shape index (κ1) is 19.1. The van der Waals surface area contributed by atoms with E-state index in [0.717, 1.165) is 0 Å². The average molecular weight is 343 g/mol. The van der Waals surface area contributed by atoms with Gasteiger partial charge in [0.25, 0.3) is 0 Å². The largest absolute Gasteiger partial charge is 0.465 e. The molecule has 0 amide bonds. The van der Waals surface area contributed by atoms with E-state index in [4.69, 9.17) is 17.3 Å². The summed E-state index contributed by atoms with van der Waals surface area (Å²) >= 11 is 5.80. The zero-order valence-electron chi connectivity index (χ0n) is 10.8. The highest BCUT2D eigenvalue weighted by Gasteiger charge is 2.17. The topological polar surface area (TPSA) is 98.5 Å². The second kappa shape index (κ2) is 8.43. The van der Waals surface area contributed by atoms with Gasteiger partial charge in [-0.05, 0) is 31.2 Å². The van der Waals surface area contributed by atoms with E-state index >= 15 is 0 Å². The molecule has 1 aromatic carbocycles. The molecule has 0 saturated carbocycles. The SMILES string of the molecule is COC(=O)c1cc(Cl)cc(S(=O)(=O)NCCCN)c1.Cl. The quantitative estimate of drug-likeness (QED) is 0.597. The number of carbonyl (C=O) groups is 1. The number of ether oxygens (including phenoxy) is 1. The standard InChI is InChI=1S/C11H15ClN2O4S.ClH/c1-18-11(15)8-5-9(12)7-10(6-8)19(16,17)14-4-2-3-13;/h5-7,14H,2-4,13H2,1H3;1H. The van der Waals surface area contributed by atoms with Crippen LogP contribution in [0.2, 0.25) is 5.02 Å². The molecule has 9 heteroatoms. The fourth-order valence-electron chi connectivity index (χ4n) is 1.35. The molecule has 0 aliphatic rings. The van der Waals surface area contributed by atoms with Gasteiger partial charge in [0.1, 0.15) is 0 Å². The van der Waals surface area contributed by atoms with Crippen molar-refractivity contribution in [3.05, 3.63) is 28.8 Å². The van der Waals surface area contributed by atoms with Crippen molar-refractivity contribution in [3.63, 3.8) is 0 Å². The molecule has 0 aliphatic carbocycles. The predicted molar refractivity (Wildman–Crippen MR) is 78.9 cm³/mol. The van der Waals surface area contributed by atoms with Gasteiger partial charge in [-0.3, -0.25) is 0 Å². The van der Waals surface area contributed by atoms with Crippen LogP contribution >= 0.6 is 24.0 Å². The number of halogens is 2. The number of rotatable bonds is 6. The van der Waals surface area contributed by atoms with E-state index in [0.29, 0.717) is 13.0 Å². The number of hydrogen-bond donors (Lipinski definition) is 2. The Morgan fingerprint density at radius 2 is 2.05 bits per heavy atom. The molecule has 0 bridgehead atoms. The van der Waals surface area contributed by atoms with Gasteiger partial charge < -0.3 is 10.5 Å². The Labute approximate surface area is 129 Å². The fourth-order valence-corrected chi connectivity index (χ4v) is 2.79. The van der Waals surface area contributed by atoms with Gasteiger partial charge in [-0.25, -0.2) is 17.9 Å². The molecule has 1 rings (SSSR count). The molecule has 0 saturated heterocycles. The van der Waals surface area contributed by atoms with Crippen LogP contribution < -0.4 is 10.5 Å². The Balaban J connectivity index is 0.00000361. The van der Waals surface area contributed by atoms with Crippen LogP contribution in [-0.2, 0) is 14.8 Å². The third kappa shape index (κ3) is 5.26. The van der Waals surface area contributed by atoms with Crippen molar-refractivity contribution in [2.45, 2.75) is 11.3 Å². The number of sulfonamides is 1. The lowest BCUT2D eigenvalue weighted by Gasteiger charge is -2.08. The van der Waals surface area contributed by atoms with E-state index in [1.54, 1.807) is 0 Å².